The Morgan fingerprint density at radius 1 is 0.933 bits per heavy atom. The van der Waals surface area contributed by atoms with Crippen LogP contribution in [0.1, 0.15) is 65.7 Å². The van der Waals surface area contributed by atoms with E-state index in [1.807, 2.05) is 0 Å². The Morgan fingerprint density at radius 2 is 1.53 bits per heavy atom. The molecule has 0 aliphatic carbocycles. The van der Waals surface area contributed by atoms with Gasteiger partial charge in [-0.15, -0.1) is 0 Å². The minimum Gasteiger partial charge on any atom is -0.380 e. The number of unbranched alkanes of at least 4 members (excludes halogenated alkanes) is 4. The monoisotopic (exact) mass is 215 g/mol. The molecule has 0 amide bonds. The third-order valence-corrected chi connectivity index (χ3v) is 3.19. The smallest absolute Gasteiger partial charge is 0.0645 e. The Morgan fingerprint density at radius 3 is 2.07 bits per heavy atom. The van der Waals surface area contributed by atoms with Crippen LogP contribution in [0.3, 0.4) is 0 Å². The zero-order chi connectivity index (χ0) is 11.6. The van der Waals surface area contributed by atoms with E-state index in [4.69, 9.17) is 10.5 Å². The predicted octanol–water partition coefficient (Wildman–Crippen LogP) is 3.49. The van der Waals surface area contributed by atoms with Crippen LogP contribution in [0.4, 0.5) is 0 Å². The van der Waals surface area contributed by atoms with Crippen molar-refractivity contribution in [1.82, 2.24) is 0 Å². The van der Waals surface area contributed by atoms with Gasteiger partial charge in [-0.25, -0.2) is 0 Å². The molecule has 15 heavy (non-hydrogen) atoms. The summed E-state index contributed by atoms with van der Waals surface area (Å²) in [6.07, 6.45) is 8.48. The highest BCUT2D eigenvalue weighted by atomic mass is 16.5. The molecule has 0 aliphatic rings. The van der Waals surface area contributed by atoms with Crippen molar-refractivity contribution >= 4 is 0 Å². The van der Waals surface area contributed by atoms with Crippen molar-refractivity contribution in [2.45, 2.75) is 71.3 Å². The van der Waals surface area contributed by atoms with Crippen LogP contribution >= 0.6 is 0 Å². The highest BCUT2D eigenvalue weighted by Crippen LogP contribution is 2.12. The molecule has 2 heteroatoms. The molecule has 0 radical (unpaired) electrons. The summed E-state index contributed by atoms with van der Waals surface area (Å²) in [5, 5.41) is 0. The van der Waals surface area contributed by atoms with Crippen LogP contribution in [0.2, 0.25) is 0 Å². The average Bonchev–Trinajstić information content (AvgIpc) is 2.27. The van der Waals surface area contributed by atoms with E-state index >= 15 is 0 Å². The van der Waals surface area contributed by atoms with Crippen LogP contribution in [0.25, 0.3) is 0 Å². The standard InChI is InChI=1S/C13H29NO/c1-4-7-8-9-10-11-15-12-13(14,5-2)6-3/h4-12,14H2,1-3H3. The number of ether oxygens (including phenoxy) is 1. The molecule has 0 spiro atoms. The first-order chi connectivity index (χ1) is 7.18. The van der Waals surface area contributed by atoms with Gasteiger partial charge in [-0.3, -0.25) is 0 Å². The second kappa shape index (κ2) is 9.17. The summed E-state index contributed by atoms with van der Waals surface area (Å²) in [5.74, 6) is 0. The SMILES string of the molecule is CCCCCCCOCC(N)(CC)CC. The lowest BCUT2D eigenvalue weighted by Crippen LogP contribution is -2.43. The second-order valence-electron chi connectivity index (χ2n) is 4.54. The summed E-state index contributed by atoms with van der Waals surface area (Å²) < 4.78 is 5.64. The summed E-state index contributed by atoms with van der Waals surface area (Å²) >= 11 is 0. The van der Waals surface area contributed by atoms with Crippen molar-refractivity contribution < 1.29 is 4.74 Å². The summed E-state index contributed by atoms with van der Waals surface area (Å²) in [5.41, 5.74) is 6.04. The van der Waals surface area contributed by atoms with E-state index in [2.05, 4.69) is 20.8 Å². The molecule has 92 valence electrons. The zero-order valence-corrected chi connectivity index (χ0v) is 10.8. The van der Waals surface area contributed by atoms with Crippen LogP contribution in [0.15, 0.2) is 0 Å². The van der Waals surface area contributed by atoms with Gasteiger partial charge in [0.2, 0.25) is 0 Å². The average molecular weight is 215 g/mol. The molecule has 2 N–H and O–H groups in total. The quantitative estimate of drug-likeness (QED) is 0.566. The number of hydrogen-bond donors (Lipinski definition) is 1. The van der Waals surface area contributed by atoms with E-state index in [1.54, 1.807) is 0 Å². The maximum absolute atomic E-state index is 6.13. The molecule has 0 aromatic carbocycles. The Bertz CT molecular complexity index is 132. The van der Waals surface area contributed by atoms with Crippen LogP contribution in [-0.4, -0.2) is 18.8 Å². The van der Waals surface area contributed by atoms with Gasteiger partial charge in [0.1, 0.15) is 0 Å². The van der Waals surface area contributed by atoms with E-state index in [0.29, 0.717) is 6.61 Å². The van der Waals surface area contributed by atoms with Gasteiger partial charge in [0.15, 0.2) is 0 Å². The third kappa shape index (κ3) is 7.80. The Balaban J connectivity index is 3.29. The van der Waals surface area contributed by atoms with Gasteiger partial charge in [-0.1, -0.05) is 46.5 Å². The van der Waals surface area contributed by atoms with E-state index in [-0.39, 0.29) is 5.54 Å². The van der Waals surface area contributed by atoms with Gasteiger partial charge in [0.05, 0.1) is 6.61 Å². The normalized spacial score (nSPS) is 12.0. The van der Waals surface area contributed by atoms with E-state index in [1.165, 1.54) is 32.1 Å². The summed E-state index contributed by atoms with van der Waals surface area (Å²) in [6.45, 7) is 8.10. The van der Waals surface area contributed by atoms with E-state index in [0.717, 1.165) is 19.4 Å². The fourth-order valence-corrected chi connectivity index (χ4v) is 1.54. The molecular formula is C13H29NO. The van der Waals surface area contributed by atoms with Crippen LogP contribution in [0.5, 0.6) is 0 Å². The minimum absolute atomic E-state index is 0.0938. The predicted molar refractivity (Wildman–Crippen MR) is 67.1 cm³/mol. The lowest BCUT2D eigenvalue weighted by molar-refractivity contribution is 0.0782. The fraction of sp³-hybridized carbons (Fsp3) is 1.00. The third-order valence-electron chi connectivity index (χ3n) is 3.19. The molecule has 0 heterocycles. The van der Waals surface area contributed by atoms with Crippen molar-refractivity contribution in [2.24, 2.45) is 5.73 Å². The lowest BCUT2D eigenvalue weighted by Gasteiger charge is -2.26. The molecule has 0 saturated carbocycles. The first-order valence-electron chi connectivity index (χ1n) is 6.55. The first kappa shape index (κ1) is 14.9. The molecule has 0 atom stereocenters. The molecule has 0 bridgehead atoms. The van der Waals surface area contributed by atoms with Crippen LogP contribution < -0.4 is 5.73 Å². The van der Waals surface area contributed by atoms with Gasteiger partial charge in [-0.05, 0) is 19.3 Å². The fourth-order valence-electron chi connectivity index (χ4n) is 1.54. The van der Waals surface area contributed by atoms with Crippen molar-refractivity contribution in [3.8, 4) is 0 Å². The molecule has 0 rings (SSSR count). The maximum Gasteiger partial charge on any atom is 0.0645 e. The van der Waals surface area contributed by atoms with Crippen LogP contribution in [-0.2, 0) is 4.74 Å². The topological polar surface area (TPSA) is 35.2 Å². The maximum atomic E-state index is 6.13. The summed E-state index contributed by atoms with van der Waals surface area (Å²) in [4.78, 5) is 0. The molecule has 2 nitrogen and oxygen atoms in total. The van der Waals surface area contributed by atoms with Gasteiger partial charge in [0, 0.05) is 12.1 Å². The minimum atomic E-state index is -0.0938. The van der Waals surface area contributed by atoms with Gasteiger partial charge in [0.25, 0.3) is 0 Å². The molecule has 0 aromatic heterocycles. The first-order valence-corrected chi connectivity index (χ1v) is 6.55. The van der Waals surface area contributed by atoms with Crippen molar-refractivity contribution in [3.63, 3.8) is 0 Å². The van der Waals surface area contributed by atoms with Crippen molar-refractivity contribution in [1.29, 1.82) is 0 Å². The second-order valence-corrected chi connectivity index (χ2v) is 4.54. The van der Waals surface area contributed by atoms with Gasteiger partial charge < -0.3 is 10.5 Å². The largest absolute Gasteiger partial charge is 0.380 e. The Kier molecular flexibility index (Phi) is 9.12. The van der Waals surface area contributed by atoms with Crippen molar-refractivity contribution in [2.75, 3.05) is 13.2 Å². The van der Waals surface area contributed by atoms with Gasteiger partial charge >= 0.3 is 0 Å². The molecule has 0 fully saturated rings. The summed E-state index contributed by atoms with van der Waals surface area (Å²) in [7, 11) is 0. The molecule has 0 unspecified atom stereocenters. The van der Waals surface area contributed by atoms with Gasteiger partial charge in [-0.2, -0.15) is 0 Å². The zero-order valence-electron chi connectivity index (χ0n) is 10.8. The Labute approximate surface area is 95.6 Å². The highest BCUT2D eigenvalue weighted by molar-refractivity contribution is 4.80. The number of rotatable bonds is 10. The molecule has 0 saturated heterocycles. The van der Waals surface area contributed by atoms with E-state index < -0.39 is 0 Å². The van der Waals surface area contributed by atoms with Crippen LogP contribution in [0, 0.1) is 0 Å². The molecule has 0 aromatic rings. The Hall–Kier alpha value is -0.0800. The number of hydrogen-bond acceptors (Lipinski definition) is 2. The molecular weight excluding hydrogens is 186 g/mol. The summed E-state index contributed by atoms with van der Waals surface area (Å²) in [6, 6.07) is 0. The number of nitrogens with two attached hydrogens (primary N) is 1. The highest BCUT2D eigenvalue weighted by Gasteiger charge is 2.19. The molecule has 0 aliphatic heterocycles. The lowest BCUT2D eigenvalue weighted by atomic mass is 9.96. The van der Waals surface area contributed by atoms with E-state index in [9.17, 15) is 0 Å². The van der Waals surface area contributed by atoms with Crippen molar-refractivity contribution in [3.05, 3.63) is 0 Å².